The van der Waals surface area contributed by atoms with E-state index in [1.165, 1.54) is 5.57 Å². The minimum Gasteiger partial charge on any atom is -0.115 e. The molecule has 0 heteroatoms. The predicted molar refractivity (Wildman–Crippen MR) is 39.9 cm³/mol. The van der Waals surface area contributed by atoms with Crippen LogP contribution in [0, 0.1) is 12.3 Å². The summed E-state index contributed by atoms with van der Waals surface area (Å²) in [5.74, 6) is 2.68. The summed E-state index contributed by atoms with van der Waals surface area (Å²) in [4.78, 5) is 0. The lowest BCUT2D eigenvalue weighted by molar-refractivity contribution is 0.978. The first kappa shape index (κ1) is 6.16. The number of terminal acetylenes is 1. The van der Waals surface area contributed by atoms with Crippen molar-refractivity contribution >= 4 is 0 Å². The van der Waals surface area contributed by atoms with Crippen LogP contribution in [-0.4, -0.2) is 0 Å². The van der Waals surface area contributed by atoms with Gasteiger partial charge in [0, 0.05) is 5.57 Å². The second kappa shape index (κ2) is 2.55. The molecule has 46 valence electrons. The molecule has 0 aromatic heterocycles. The summed E-state index contributed by atoms with van der Waals surface area (Å²) in [6.45, 7) is 2.06. The van der Waals surface area contributed by atoms with Gasteiger partial charge in [0.15, 0.2) is 0 Å². The summed E-state index contributed by atoms with van der Waals surface area (Å²) in [5.41, 5.74) is 2.42. The van der Waals surface area contributed by atoms with Crippen molar-refractivity contribution in [1.82, 2.24) is 0 Å². The van der Waals surface area contributed by atoms with E-state index in [1.54, 1.807) is 0 Å². The molecule has 0 fully saturated rings. The van der Waals surface area contributed by atoms with Crippen LogP contribution < -0.4 is 0 Å². The van der Waals surface area contributed by atoms with E-state index in [1.807, 2.05) is 0 Å². The quantitative estimate of drug-likeness (QED) is 0.428. The Balaban J connectivity index is 2.88. The highest BCUT2D eigenvalue weighted by atomic mass is 14.0. The van der Waals surface area contributed by atoms with Crippen LogP contribution >= 0.6 is 0 Å². The maximum Gasteiger partial charge on any atom is 0.00497 e. The lowest BCUT2D eigenvalue weighted by Gasteiger charge is -2.05. The standard InChI is InChI=1S/C9H10/c1-3-9-7-5-4-6-8(9)2/h1,4,6H,5,7H2,2H3. The molecule has 0 heterocycles. The molecule has 0 spiro atoms. The average molecular weight is 118 g/mol. The van der Waals surface area contributed by atoms with E-state index in [2.05, 4.69) is 25.0 Å². The fourth-order valence-corrected chi connectivity index (χ4v) is 0.972. The molecule has 9 heavy (non-hydrogen) atoms. The van der Waals surface area contributed by atoms with Crippen molar-refractivity contribution in [2.24, 2.45) is 0 Å². The Kier molecular flexibility index (Phi) is 1.75. The Labute approximate surface area is 56.3 Å². The molecule has 0 atom stereocenters. The third-order valence-electron chi connectivity index (χ3n) is 1.58. The maximum absolute atomic E-state index is 5.25. The Morgan fingerprint density at radius 3 is 2.89 bits per heavy atom. The number of hydrogen-bond acceptors (Lipinski definition) is 0. The molecular formula is C9H10. The third kappa shape index (κ3) is 1.23. The first-order valence-electron chi connectivity index (χ1n) is 3.17. The van der Waals surface area contributed by atoms with Crippen molar-refractivity contribution in [2.75, 3.05) is 0 Å². The Morgan fingerprint density at radius 2 is 2.44 bits per heavy atom. The van der Waals surface area contributed by atoms with Crippen LogP contribution in [0.25, 0.3) is 0 Å². The van der Waals surface area contributed by atoms with Gasteiger partial charge in [0.25, 0.3) is 0 Å². The van der Waals surface area contributed by atoms with E-state index in [0.29, 0.717) is 0 Å². The molecule has 0 bridgehead atoms. The van der Waals surface area contributed by atoms with Gasteiger partial charge in [-0.3, -0.25) is 0 Å². The van der Waals surface area contributed by atoms with E-state index in [-0.39, 0.29) is 0 Å². The van der Waals surface area contributed by atoms with Crippen molar-refractivity contribution < 1.29 is 0 Å². The fourth-order valence-electron chi connectivity index (χ4n) is 0.972. The van der Waals surface area contributed by atoms with Gasteiger partial charge in [-0.05, 0) is 25.3 Å². The lowest BCUT2D eigenvalue weighted by atomic mass is 10.00. The molecule has 0 saturated carbocycles. The van der Waals surface area contributed by atoms with Crippen molar-refractivity contribution in [3.8, 4) is 12.3 Å². The summed E-state index contributed by atoms with van der Waals surface area (Å²) < 4.78 is 0. The summed E-state index contributed by atoms with van der Waals surface area (Å²) in [5, 5.41) is 0. The molecule has 0 aromatic carbocycles. The summed E-state index contributed by atoms with van der Waals surface area (Å²) in [7, 11) is 0. The van der Waals surface area contributed by atoms with Crippen LogP contribution in [0.2, 0.25) is 0 Å². The zero-order chi connectivity index (χ0) is 6.69. The largest absolute Gasteiger partial charge is 0.115 e. The van der Waals surface area contributed by atoms with Gasteiger partial charge in [0.1, 0.15) is 0 Å². The second-order valence-electron chi connectivity index (χ2n) is 2.25. The molecule has 0 nitrogen and oxygen atoms in total. The minimum absolute atomic E-state index is 1.05. The van der Waals surface area contributed by atoms with E-state index in [9.17, 15) is 0 Å². The van der Waals surface area contributed by atoms with Crippen molar-refractivity contribution in [2.45, 2.75) is 19.8 Å². The highest BCUT2D eigenvalue weighted by Gasteiger charge is 1.99. The maximum atomic E-state index is 5.25. The fraction of sp³-hybridized carbons (Fsp3) is 0.333. The van der Waals surface area contributed by atoms with Gasteiger partial charge in [0.05, 0.1) is 0 Å². The third-order valence-corrected chi connectivity index (χ3v) is 1.58. The summed E-state index contributed by atoms with van der Waals surface area (Å²) in [6, 6.07) is 0. The molecular weight excluding hydrogens is 108 g/mol. The number of allylic oxidation sites excluding steroid dienone is 4. The normalized spacial score (nSPS) is 17.8. The van der Waals surface area contributed by atoms with Gasteiger partial charge in [0.2, 0.25) is 0 Å². The van der Waals surface area contributed by atoms with E-state index < -0.39 is 0 Å². The van der Waals surface area contributed by atoms with Gasteiger partial charge in [-0.15, -0.1) is 6.42 Å². The molecule has 0 unspecified atom stereocenters. The molecule has 1 rings (SSSR count). The zero-order valence-corrected chi connectivity index (χ0v) is 5.65. The van der Waals surface area contributed by atoms with Gasteiger partial charge in [-0.2, -0.15) is 0 Å². The van der Waals surface area contributed by atoms with E-state index in [0.717, 1.165) is 18.4 Å². The van der Waals surface area contributed by atoms with Gasteiger partial charge >= 0.3 is 0 Å². The van der Waals surface area contributed by atoms with Crippen molar-refractivity contribution in [1.29, 1.82) is 0 Å². The smallest absolute Gasteiger partial charge is 0.00497 e. The topological polar surface area (TPSA) is 0 Å². The van der Waals surface area contributed by atoms with Crippen LogP contribution in [0.5, 0.6) is 0 Å². The van der Waals surface area contributed by atoms with E-state index in [4.69, 9.17) is 6.42 Å². The summed E-state index contributed by atoms with van der Waals surface area (Å²) in [6.07, 6.45) is 11.7. The SMILES string of the molecule is C#CC1=C(C)C=CCC1. The first-order chi connectivity index (χ1) is 4.34. The van der Waals surface area contributed by atoms with E-state index >= 15 is 0 Å². The van der Waals surface area contributed by atoms with Crippen LogP contribution in [0.4, 0.5) is 0 Å². The van der Waals surface area contributed by atoms with Crippen molar-refractivity contribution in [3.05, 3.63) is 23.3 Å². The number of hydrogen-bond donors (Lipinski definition) is 0. The molecule has 0 amide bonds. The highest BCUT2D eigenvalue weighted by Crippen LogP contribution is 2.16. The predicted octanol–water partition coefficient (Wildman–Crippen LogP) is 2.29. The van der Waals surface area contributed by atoms with Crippen molar-refractivity contribution in [3.63, 3.8) is 0 Å². The average Bonchev–Trinajstić information content (AvgIpc) is 1.89. The van der Waals surface area contributed by atoms with Crippen LogP contribution in [0.15, 0.2) is 23.3 Å². The zero-order valence-electron chi connectivity index (χ0n) is 5.65. The van der Waals surface area contributed by atoms with Crippen LogP contribution in [-0.2, 0) is 0 Å². The highest BCUT2D eigenvalue weighted by molar-refractivity contribution is 5.38. The van der Waals surface area contributed by atoms with Gasteiger partial charge in [-0.25, -0.2) is 0 Å². The Bertz CT molecular complexity index is 199. The first-order valence-corrected chi connectivity index (χ1v) is 3.17. The molecule has 0 saturated heterocycles. The Hall–Kier alpha value is -0.960. The van der Waals surface area contributed by atoms with Gasteiger partial charge in [-0.1, -0.05) is 18.1 Å². The summed E-state index contributed by atoms with van der Waals surface area (Å²) >= 11 is 0. The molecule has 1 aliphatic rings. The number of rotatable bonds is 0. The molecule has 0 radical (unpaired) electrons. The molecule has 1 aliphatic carbocycles. The second-order valence-corrected chi connectivity index (χ2v) is 2.25. The van der Waals surface area contributed by atoms with Crippen LogP contribution in [0.3, 0.4) is 0 Å². The minimum atomic E-state index is 1.05. The molecule has 0 aromatic rings. The van der Waals surface area contributed by atoms with Gasteiger partial charge < -0.3 is 0 Å². The monoisotopic (exact) mass is 118 g/mol. The lowest BCUT2D eigenvalue weighted by Crippen LogP contribution is -1.88. The van der Waals surface area contributed by atoms with Crippen LogP contribution in [0.1, 0.15) is 19.8 Å². The molecule has 0 aliphatic heterocycles. The Morgan fingerprint density at radius 1 is 1.67 bits per heavy atom. The molecule has 0 N–H and O–H groups in total.